The maximum Gasteiger partial charge on any atom is 0.0979 e. The van der Waals surface area contributed by atoms with Gasteiger partial charge in [0.1, 0.15) is 0 Å². The second-order valence-electron chi connectivity index (χ2n) is 14.6. The summed E-state index contributed by atoms with van der Waals surface area (Å²) in [6.07, 6.45) is 1.95. The molecule has 0 bridgehead atoms. The monoisotopic (exact) mass is 680 g/mol. The molecule has 0 atom stereocenters. The van der Waals surface area contributed by atoms with Crippen molar-refractivity contribution in [3.05, 3.63) is 169 Å². The van der Waals surface area contributed by atoms with Gasteiger partial charge in [0, 0.05) is 41.9 Å². The number of hydrogen-bond acceptors (Lipinski definition) is 3. The molecule has 0 saturated heterocycles. The first-order valence-electron chi connectivity index (χ1n) is 17.9. The van der Waals surface area contributed by atoms with E-state index in [-0.39, 0.29) is 5.41 Å². The van der Waals surface area contributed by atoms with Crippen molar-refractivity contribution < 1.29 is 0 Å². The molecule has 244 valence electrons. The molecule has 1 aliphatic carbocycles. The lowest BCUT2D eigenvalue weighted by Gasteiger charge is -2.22. The molecule has 2 nitrogen and oxygen atoms in total. The largest absolute Gasteiger partial charge is 0.252 e. The van der Waals surface area contributed by atoms with E-state index in [2.05, 4.69) is 166 Å². The second-order valence-corrected chi connectivity index (χ2v) is 15.7. The Morgan fingerprint density at radius 1 is 0.423 bits per heavy atom. The van der Waals surface area contributed by atoms with Crippen molar-refractivity contribution in [3.8, 4) is 44.6 Å². The highest BCUT2D eigenvalue weighted by Gasteiger charge is 2.36. The van der Waals surface area contributed by atoms with Crippen molar-refractivity contribution in [1.82, 2.24) is 9.97 Å². The molecule has 0 radical (unpaired) electrons. The predicted molar refractivity (Wildman–Crippen MR) is 221 cm³/mol. The Morgan fingerprint density at radius 3 is 1.69 bits per heavy atom. The van der Waals surface area contributed by atoms with Crippen molar-refractivity contribution in [2.75, 3.05) is 0 Å². The normalized spacial score (nSPS) is 13.3. The number of benzene rings is 8. The van der Waals surface area contributed by atoms with Crippen LogP contribution in [0.1, 0.15) is 25.0 Å². The van der Waals surface area contributed by atoms with Crippen LogP contribution in [0.2, 0.25) is 0 Å². The molecule has 3 heteroatoms. The van der Waals surface area contributed by atoms with E-state index in [1.54, 1.807) is 0 Å². The smallest absolute Gasteiger partial charge is 0.0979 e. The highest BCUT2D eigenvalue weighted by molar-refractivity contribution is 7.25. The van der Waals surface area contributed by atoms with Gasteiger partial charge in [0.05, 0.1) is 22.9 Å². The second kappa shape index (κ2) is 10.9. The van der Waals surface area contributed by atoms with Gasteiger partial charge in [-0.3, -0.25) is 4.98 Å². The molecular formula is C49H32N2S. The van der Waals surface area contributed by atoms with Crippen LogP contribution in [0, 0.1) is 0 Å². The maximum atomic E-state index is 5.30. The number of aromatic nitrogens is 2. The summed E-state index contributed by atoms with van der Waals surface area (Å²) in [5, 5.41) is 7.36. The highest BCUT2D eigenvalue weighted by atomic mass is 32.1. The molecule has 1 aliphatic rings. The molecule has 0 spiro atoms. The van der Waals surface area contributed by atoms with Crippen LogP contribution in [-0.2, 0) is 5.41 Å². The number of rotatable bonds is 3. The fraction of sp³-hybridized carbons (Fsp3) is 0.0612. The lowest BCUT2D eigenvalue weighted by atomic mass is 9.81. The Hall–Kier alpha value is -6.16. The van der Waals surface area contributed by atoms with Gasteiger partial charge >= 0.3 is 0 Å². The minimum atomic E-state index is -0.174. The zero-order valence-corrected chi connectivity index (χ0v) is 29.6. The molecule has 0 N–H and O–H groups in total. The van der Waals surface area contributed by atoms with E-state index in [9.17, 15) is 0 Å². The third kappa shape index (κ3) is 4.30. The number of hydrogen-bond donors (Lipinski definition) is 0. The van der Waals surface area contributed by atoms with Crippen molar-refractivity contribution in [2.24, 2.45) is 0 Å². The average Bonchev–Trinajstić information content (AvgIpc) is 3.68. The van der Waals surface area contributed by atoms with Crippen molar-refractivity contribution >= 4 is 64.1 Å². The van der Waals surface area contributed by atoms with E-state index >= 15 is 0 Å². The summed E-state index contributed by atoms with van der Waals surface area (Å²) in [7, 11) is 0. The Labute approximate surface area is 305 Å². The zero-order valence-electron chi connectivity index (χ0n) is 28.8. The minimum Gasteiger partial charge on any atom is -0.252 e. The van der Waals surface area contributed by atoms with Crippen LogP contribution in [0.15, 0.2) is 158 Å². The molecule has 0 saturated carbocycles. The number of nitrogens with zero attached hydrogens (tertiary/aromatic N) is 2. The van der Waals surface area contributed by atoms with Gasteiger partial charge in [-0.1, -0.05) is 129 Å². The van der Waals surface area contributed by atoms with Crippen LogP contribution >= 0.6 is 11.3 Å². The summed E-state index contributed by atoms with van der Waals surface area (Å²) in [6.45, 7) is 4.71. The first-order chi connectivity index (χ1) is 25.5. The summed E-state index contributed by atoms with van der Waals surface area (Å²) in [4.78, 5) is 10.3. The SMILES string of the molecule is CC1(C)c2cc(-c3cccc(-c4ccc5sc6ccccc6c5c4)c3)ccc2-c2ccc(-c3cnc4c5ccccc5c5ccccc5c4n3)cc21. The van der Waals surface area contributed by atoms with E-state index in [1.807, 2.05) is 17.5 Å². The summed E-state index contributed by atoms with van der Waals surface area (Å²) in [5.41, 5.74) is 14.0. The molecule has 11 rings (SSSR count). The fourth-order valence-corrected chi connectivity index (χ4v) is 9.71. The molecule has 0 unspecified atom stereocenters. The summed E-state index contributed by atoms with van der Waals surface area (Å²) >= 11 is 1.87. The standard InChI is InChI=1S/C49H32N2S/c1-49(2)42-26-32(30-11-9-10-29(24-30)31-20-23-46-41(25-31)38-14-7-8-17-45(38)52-46)18-21-36(42)37-22-19-33(27-43(37)49)44-28-50-47-39-15-5-3-12-34(39)35-13-4-6-16-40(35)48(47)51-44/h3-28H,1-2H3. The van der Waals surface area contributed by atoms with E-state index < -0.39 is 0 Å². The molecule has 0 aliphatic heterocycles. The van der Waals surface area contributed by atoms with Crippen LogP contribution in [-0.4, -0.2) is 9.97 Å². The summed E-state index contributed by atoms with van der Waals surface area (Å²) < 4.78 is 2.67. The Morgan fingerprint density at radius 2 is 0.962 bits per heavy atom. The topological polar surface area (TPSA) is 25.8 Å². The van der Waals surface area contributed by atoms with Gasteiger partial charge in [-0.05, 0) is 91.7 Å². The van der Waals surface area contributed by atoms with Crippen LogP contribution < -0.4 is 0 Å². The van der Waals surface area contributed by atoms with Gasteiger partial charge in [-0.2, -0.15) is 0 Å². The fourth-order valence-electron chi connectivity index (χ4n) is 8.62. The molecule has 10 aromatic rings. The summed E-state index contributed by atoms with van der Waals surface area (Å²) in [5.74, 6) is 0. The van der Waals surface area contributed by atoms with E-state index in [0.717, 1.165) is 33.1 Å². The van der Waals surface area contributed by atoms with Gasteiger partial charge in [-0.25, -0.2) is 4.98 Å². The Kier molecular flexibility index (Phi) is 6.21. The van der Waals surface area contributed by atoms with E-state index in [1.165, 1.54) is 75.5 Å². The van der Waals surface area contributed by atoms with Crippen LogP contribution in [0.4, 0.5) is 0 Å². The minimum absolute atomic E-state index is 0.174. The van der Waals surface area contributed by atoms with Crippen LogP contribution in [0.3, 0.4) is 0 Å². The zero-order chi connectivity index (χ0) is 34.6. The quantitative estimate of drug-likeness (QED) is 0.174. The summed E-state index contributed by atoms with van der Waals surface area (Å²) in [6, 6.07) is 55.6. The molecule has 2 aromatic heterocycles. The van der Waals surface area contributed by atoms with Crippen molar-refractivity contribution in [2.45, 2.75) is 19.3 Å². The first-order valence-corrected chi connectivity index (χ1v) is 18.7. The average molecular weight is 681 g/mol. The van der Waals surface area contributed by atoms with E-state index in [4.69, 9.17) is 9.97 Å². The van der Waals surface area contributed by atoms with Gasteiger partial charge in [-0.15, -0.1) is 11.3 Å². The highest BCUT2D eigenvalue weighted by Crippen LogP contribution is 2.51. The van der Waals surface area contributed by atoms with Crippen LogP contribution in [0.25, 0.3) is 97.4 Å². The third-order valence-electron chi connectivity index (χ3n) is 11.3. The molecule has 52 heavy (non-hydrogen) atoms. The predicted octanol–water partition coefficient (Wildman–Crippen LogP) is 13.6. The Balaban J connectivity index is 0.974. The van der Waals surface area contributed by atoms with Gasteiger partial charge in [0.2, 0.25) is 0 Å². The first kappa shape index (κ1) is 29.6. The lowest BCUT2D eigenvalue weighted by molar-refractivity contribution is 0.661. The molecule has 2 heterocycles. The number of thiophene rings is 1. The number of fused-ring (bicyclic) bond motifs is 12. The molecule has 8 aromatic carbocycles. The van der Waals surface area contributed by atoms with Gasteiger partial charge < -0.3 is 0 Å². The lowest BCUT2D eigenvalue weighted by Crippen LogP contribution is -2.15. The Bertz CT molecular complexity index is 3080. The van der Waals surface area contributed by atoms with Gasteiger partial charge in [0.25, 0.3) is 0 Å². The van der Waals surface area contributed by atoms with Crippen LogP contribution in [0.5, 0.6) is 0 Å². The molecule has 0 fully saturated rings. The maximum absolute atomic E-state index is 5.30. The van der Waals surface area contributed by atoms with E-state index in [0.29, 0.717) is 0 Å². The van der Waals surface area contributed by atoms with Crippen molar-refractivity contribution in [1.29, 1.82) is 0 Å². The van der Waals surface area contributed by atoms with Gasteiger partial charge in [0.15, 0.2) is 0 Å². The molecule has 0 amide bonds. The molecular weight excluding hydrogens is 649 g/mol. The third-order valence-corrected chi connectivity index (χ3v) is 12.5. The van der Waals surface area contributed by atoms with Crippen molar-refractivity contribution in [3.63, 3.8) is 0 Å².